The van der Waals surface area contributed by atoms with Crippen LogP contribution < -0.4 is 5.32 Å². The number of ketones is 1. The van der Waals surface area contributed by atoms with Gasteiger partial charge in [-0.15, -0.1) is 0 Å². The lowest BCUT2D eigenvalue weighted by Crippen LogP contribution is -2.52. The van der Waals surface area contributed by atoms with Crippen molar-refractivity contribution < 1.29 is 19.1 Å². The molecule has 1 spiro atoms. The van der Waals surface area contributed by atoms with Gasteiger partial charge in [0.2, 0.25) is 11.7 Å². The van der Waals surface area contributed by atoms with Gasteiger partial charge in [-0.1, -0.05) is 60.7 Å². The minimum Gasteiger partial charge on any atom is -0.368 e. The van der Waals surface area contributed by atoms with E-state index in [1.807, 2.05) is 42.5 Å². The minimum absolute atomic E-state index is 0.126. The third-order valence-corrected chi connectivity index (χ3v) is 7.35. The smallest absolute Gasteiger partial charge is 0.294 e. The van der Waals surface area contributed by atoms with E-state index in [0.717, 1.165) is 16.8 Å². The van der Waals surface area contributed by atoms with E-state index in [9.17, 15) is 14.4 Å². The number of pyridine rings is 1. The minimum atomic E-state index is -0.488. The molecule has 7 nitrogen and oxygen atoms in total. The van der Waals surface area contributed by atoms with Gasteiger partial charge in [0.1, 0.15) is 0 Å². The molecule has 1 aliphatic heterocycles. The Morgan fingerprint density at radius 1 is 0.972 bits per heavy atom. The average molecular weight is 484 g/mol. The zero-order chi connectivity index (χ0) is 25.1. The van der Waals surface area contributed by atoms with Gasteiger partial charge in [0, 0.05) is 37.2 Å². The molecule has 184 valence electrons. The molecule has 1 saturated heterocycles. The Morgan fingerprint density at radius 3 is 2.36 bits per heavy atom. The van der Waals surface area contributed by atoms with E-state index in [1.165, 1.54) is 6.92 Å². The van der Waals surface area contributed by atoms with Crippen molar-refractivity contribution in [2.75, 3.05) is 13.1 Å². The number of Topliss-reactive ketones (excluding diaryl/α,β-unsaturated/α-hetero) is 1. The largest absolute Gasteiger partial charge is 0.368 e. The molecule has 0 bridgehead atoms. The van der Waals surface area contributed by atoms with E-state index in [4.69, 9.17) is 4.74 Å². The molecule has 0 unspecified atom stereocenters. The second-order valence-electron chi connectivity index (χ2n) is 9.46. The maximum atomic E-state index is 13.0. The van der Waals surface area contributed by atoms with Crippen LogP contribution in [0.5, 0.6) is 0 Å². The molecule has 0 radical (unpaired) electrons. The first kappa shape index (κ1) is 23.9. The predicted octanol–water partition coefficient (Wildman–Crippen LogP) is 3.60. The summed E-state index contributed by atoms with van der Waals surface area (Å²) < 4.78 is 6.54. The topological polar surface area (TPSA) is 88.6 Å². The SMILES string of the molecule is CC(=O)N[C@H]1c2ccccc2C2(CCN(C(=O)C(=O)c3ccccc3)CC2)[C@@H]1OCc1ccccn1. The van der Waals surface area contributed by atoms with Crippen LogP contribution in [0.1, 0.15) is 53.0 Å². The molecular formula is C29H29N3O4. The third kappa shape index (κ3) is 4.42. The first-order chi connectivity index (χ1) is 17.5. The molecule has 2 amide bonds. The highest BCUT2D eigenvalue weighted by atomic mass is 16.5. The van der Waals surface area contributed by atoms with Crippen LogP contribution >= 0.6 is 0 Å². The Hall–Kier alpha value is -3.84. The lowest BCUT2D eigenvalue weighted by atomic mass is 9.71. The summed E-state index contributed by atoms with van der Waals surface area (Å²) in [5, 5.41) is 3.11. The van der Waals surface area contributed by atoms with Gasteiger partial charge in [-0.05, 0) is 36.1 Å². The van der Waals surface area contributed by atoms with Gasteiger partial charge in [-0.3, -0.25) is 19.4 Å². The summed E-state index contributed by atoms with van der Waals surface area (Å²) in [5.41, 5.74) is 2.99. The van der Waals surface area contributed by atoms with E-state index in [1.54, 1.807) is 35.4 Å². The van der Waals surface area contributed by atoms with Crippen molar-refractivity contribution in [3.8, 4) is 0 Å². The van der Waals surface area contributed by atoms with Gasteiger partial charge >= 0.3 is 0 Å². The Labute approximate surface area is 210 Å². The van der Waals surface area contributed by atoms with Crippen LogP contribution in [0, 0.1) is 0 Å². The summed E-state index contributed by atoms with van der Waals surface area (Å²) in [6.07, 6.45) is 2.65. The third-order valence-electron chi connectivity index (χ3n) is 7.35. The second kappa shape index (κ2) is 10.0. The number of hydrogen-bond acceptors (Lipinski definition) is 5. The zero-order valence-electron chi connectivity index (χ0n) is 20.2. The molecule has 2 aliphatic rings. The predicted molar refractivity (Wildman–Crippen MR) is 134 cm³/mol. The van der Waals surface area contributed by atoms with Crippen molar-refractivity contribution in [3.63, 3.8) is 0 Å². The lowest BCUT2D eigenvalue weighted by molar-refractivity contribution is -0.129. The summed E-state index contributed by atoms with van der Waals surface area (Å²) in [6, 6.07) is 22.2. The number of aromatic nitrogens is 1. The maximum Gasteiger partial charge on any atom is 0.294 e. The Kier molecular flexibility index (Phi) is 6.65. The van der Waals surface area contributed by atoms with Crippen LogP contribution in [-0.4, -0.2) is 46.7 Å². The van der Waals surface area contributed by atoms with E-state index >= 15 is 0 Å². The number of nitrogens with one attached hydrogen (secondary N) is 1. The number of rotatable bonds is 6. The summed E-state index contributed by atoms with van der Waals surface area (Å²) in [6.45, 7) is 2.69. The number of hydrogen-bond donors (Lipinski definition) is 1. The normalized spacial score (nSPS) is 20.1. The zero-order valence-corrected chi connectivity index (χ0v) is 20.2. The van der Waals surface area contributed by atoms with Crippen molar-refractivity contribution in [2.45, 2.75) is 43.9 Å². The molecule has 7 heteroatoms. The van der Waals surface area contributed by atoms with Gasteiger partial charge in [0.05, 0.1) is 24.4 Å². The van der Waals surface area contributed by atoms with Crippen LogP contribution in [0.3, 0.4) is 0 Å². The number of piperidine rings is 1. The van der Waals surface area contributed by atoms with Crippen molar-refractivity contribution >= 4 is 17.6 Å². The number of amides is 2. The summed E-state index contributed by atoms with van der Waals surface area (Å²) in [4.78, 5) is 44.0. The van der Waals surface area contributed by atoms with Gasteiger partial charge in [0.15, 0.2) is 0 Å². The monoisotopic (exact) mass is 483 g/mol. The number of carbonyl (C=O) groups is 3. The van der Waals surface area contributed by atoms with Crippen molar-refractivity contribution in [3.05, 3.63) is 101 Å². The molecule has 36 heavy (non-hydrogen) atoms. The summed E-state index contributed by atoms with van der Waals surface area (Å²) in [7, 11) is 0. The molecule has 5 rings (SSSR count). The molecule has 1 fully saturated rings. The van der Waals surface area contributed by atoms with Gasteiger partial charge < -0.3 is 15.0 Å². The second-order valence-corrected chi connectivity index (χ2v) is 9.46. The fourth-order valence-electron chi connectivity index (χ4n) is 5.66. The van der Waals surface area contributed by atoms with Gasteiger partial charge in [0.25, 0.3) is 5.91 Å². The number of carbonyl (C=O) groups excluding carboxylic acids is 3. The van der Waals surface area contributed by atoms with E-state index < -0.39 is 17.1 Å². The highest BCUT2D eigenvalue weighted by Crippen LogP contribution is 2.52. The molecule has 2 aromatic carbocycles. The van der Waals surface area contributed by atoms with E-state index in [2.05, 4.69) is 16.4 Å². The van der Waals surface area contributed by atoms with E-state index in [-0.39, 0.29) is 18.1 Å². The fraction of sp³-hybridized carbons (Fsp3) is 0.310. The van der Waals surface area contributed by atoms with Crippen molar-refractivity contribution in [2.24, 2.45) is 0 Å². The molecule has 1 aliphatic carbocycles. The molecule has 2 atom stereocenters. The Morgan fingerprint density at radius 2 is 1.67 bits per heavy atom. The molecule has 3 aromatic rings. The van der Waals surface area contributed by atoms with Gasteiger partial charge in [-0.2, -0.15) is 0 Å². The summed E-state index contributed by atoms with van der Waals surface area (Å²) >= 11 is 0. The fourth-order valence-corrected chi connectivity index (χ4v) is 5.66. The number of nitrogens with zero attached hydrogens (tertiary/aromatic N) is 2. The van der Waals surface area contributed by atoms with Crippen LogP contribution in [0.4, 0.5) is 0 Å². The highest BCUT2D eigenvalue weighted by molar-refractivity contribution is 6.42. The molecule has 1 aromatic heterocycles. The van der Waals surface area contributed by atoms with Gasteiger partial charge in [-0.25, -0.2) is 0 Å². The lowest BCUT2D eigenvalue weighted by Gasteiger charge is -2.44. The number of fused-ring (bicyclic) bond motifs is 2. The first-order valence-electron chi connectivity index (χ1n) is 12.3. The van der Waals surface area contributed by atoms with Crippen molar-refractivity contribution in [1.29, 1.82) is 0 Å². The van der Waals surface area contributed by atoms with Crippen LogP contribution in [0.25, 0.3) is 0 Å². The number of likely N-dealkylation sites (tertiary alicyclic amines) is 1. The van der Waals surface area contributed by atoms with Crippen LogP contribution in [0.15, 0.2) is 79.0 Å². The average Bonchev–Trinajstić information content (AvgIpc) is 3.16. The summed E-state index contributed by atoms with van der Waals surface area (Å²) in [5.74, 6) is -1.09. The molecule has 1 N–H and O–H groups in total. The first-order valence-corrected chi connectivity index (χ1v) is 12.3. The molecule has 2 heterocycles. The molecule has 0 saturated carbocycles. The Bertz CT molecular complexity index is 1250. The van der Waals surface area contributed by atoms with E-state index in [0.29, 0.717) is 38.1 Å². The quantitative estimate of drug-likeness (QED) is 0.428. The van der Waals surface area contributed by atoms with Crippen molar-refractivity contribution in [1.82, 2.24) is 15.2 Å². The molecular weight excluding hydrogens is 454 g/mol. The Balaban J connectivity index is 1.41. The number of benzene rings is 2. The van der Waals surface area contributed by atoms with Crippen LogP contribution in [-0.2, 0) is 26.3 Å². The maximum absolute atomic E-state index is 13.0. The highest BCUT2D eigenvalue weighted by Gasteiger charge is 2.54. The van der Waals surface area contributed by atoms with Crippen LogP contribution in [0.2, 0.25) is 0 Å². The standard InChI is InChI=1S/C29H29N3O4/c1-20(33)31-25-23-12-5-6-13-24(23)29(27(25)36-19-22-11-7-8-16-30-22)14-17-32(18-15-29)28(35)26(34)21-9-3-2-4-10-21/h2-13,16,25,27H,14-15,17-19H2,1H3,(H,31,33)/t25-,27+/m0/s1. The number of ether oxygens (including phenoxy) is 1.